The zero-order valence-corrected chi connectivity index (χ0v) is 17.8. The molecule has 1 aliphatic heterocycles. The number of fused-ring (bicyclic) bond motifs is 2. The van der Waals surface area contributed by atoms with E-state index in [4.69, 9.17) is 10.1 Å². The van der Waals surface area contributed by atoms with E-state index in [1.807, 2.05) is 38.4 Å². The maximum Gasteiger partial charge on any atom is 0.258 e. The molecule has 5 heterocycles. The molecule has 8 nitrogen and oxygen atoms in total. The van der Waals surface area contributed by atoms with Crippen LogP contribution in [-0.2, 0) is 0 Å². The summed E-state index contributed by atoms with van der Waals surface area (Å²) in [6, 6.07) is 7.48. The predicted octanol–water partition coefficient (Wildman–Crippen LogP) is 2.19. The fourth-order valence-electron chi connectivity index (χ4n) is 4.54. The number of likely N-dealkylation sites (tertiary alicyclic amines) is 1. The first-order valence-corrected chi connectivity index (χ1v) is 10.7. The summed E-state index contributed by atoms with van der Waals surface area (Å²) in [5.74, 6) is 0.420. The SMILES string of the molecule is Cc1cn2nc(-c3cc(=O)n4cc(C5CCN(CCO)CC5)ccc4n3)cc2c(C)n1. The lowest BCUT2D eigenvalue weighted by Crippen LogP contribution is -2.35. The third-order valence-corrected chi connectivity index (χ3v) is 6.18. The number of pyridine rings is 1. The molecule has 0 bridgehead atoms. The number of aliphatic hydroxyl groups excluding tert-OH is 1. The second-order valence-corrected chi connectivity index (χ2v) is 8.34. The molecule has 1 aliphatic rings. The maximum atomic E-state index is 12.9. The number of aromatic nitrogens is 5. The van der Waals surface area contributed by atoms with Crippen molar-refractivity contribution in [1.29, 1.82) is 0 Å². The molecular formula is C23H26N6O2. The Morgan fingerprint density at radius 2 is 1.87 bits per heavy atom. The molecule has 0 spiro atoms. The average Bonchev–Trinajstić information content (AvgIpc) is 3.19. The Morgan fingerprint density at radius 1 is 1.06 bits per heavy atom. The monoisotopic (exact) mass is 418 g/mol. The largest absolute Gasteiger partial charge is 0.395 e. The lowest BCUT2D eigenvalue weighted by molar-refractivity contribution is 0.164. The molecule has 5 rings (SSSR count). The van der Waals surface area contributed by atoms with Crippen LogP contribution in [0.2, 0.25) is 0 Å². The highest BCUT2D eigenvalue weighted by Crippen LogP contribution is 2.28. The van der Waals surface area contributed by atoms with Crippen molar-refractivity contribution in [1.82, 2.24) is 28.9 Å². The molecule has 160 valence electrons. The van der Waals surface area contributed by atoms with Crippen LogP contribution in [0.25, 0.3) is 22.6 Å². The molecule has 4 aromatic rings. The Kier molecular flexibility index (Phi) is 5.03. The molecule has 8 heteroatoms. The summed E-state index contributed by atoms with van der Waals surface area (Å²) < 4.78 is 3.43. The number of β-amino-alcohol motifs (C(OH)–C–C–N with tert-alkyl or cyclic N) is 1. The number of aliphatic hydroxyl groups is 1. The first-order chi connectivity index (χ1) is 15.0. The van der Waals surface area contributed by atoms with Gasteiger partial charge in [0.15, 0.2) is 0 Å². The van der Waals surface area contributed by atoms with Crippen LogP contribution < -0.4 is 5.56 Å². The van der Waals surface area contributed by atoms with Crippen LogP contribution in [0.4, 0.5) is 0 Å². The van der Waals surface area contributed by atoms with Crippen LogP contribution in [0, 0.1) is 13.8 Å². The standard InChI is InChI=1S/C23H26N6O2/c1-15-13-29-21(16(2)24-15)11-20(26-29)19-12-23(31)28-14-18(3-4-22(28)25-19)17-5-7-27(8-6-17)9-10-30/h3-4,11-14,17,30H,5-10H2,1-2H3. The van der Waals surface area contributed by atoms with Crippen LogP contribution in [0.5, 0.6) is 0 Å². The van der Waals surface area contributed by atoms with Crippen molar-refractivity contribution in [3.05, 3.63) is 64.0 Å². The fraction of sp³-hybridized carbons (Fsp3) is 0.391. The summed E-state index contributed by atoms with van der Waals surface area (Å²) >= 11 is 0. The molecule has 4 aromatic heterocycles. The molecular weight excluding hydrogens is 392 g/mol. The first kappa shape index (κ1) is 19.8. The van der Waals surface area contributed by atoms with Gasteiger partial charge in [-0.1, -0.05) is 6.07 Å². The van der Waals surface area contributed by atoms with Crippen molar-refractivity contribution >= 4 is 11.2 Å². The van der Waals surface area contributed by atoms with Crippen molar-refractivity contribution < 1.29 is 5.11 Å². The molecule has 31 heavy (non-hydrogen) atoms. The highest BCUT2D eigenvalue weighted by atomic mass is 16.3. The van der Waals surface area contributed by atoms with Gasteiger partial charge in [-0.05, 0) is 63.4 Å². The van der Waals surface area contributed by atoms with Crippen molar-refractivity contribution in [3.63, 3.8) is 0 Å². The van der Waals surface area contributed by atoms with Gasteiger partial charge in [-0.3, -0.25) is 14.2 Å². The summed E-state index contributed by atoms with van der Waals surface area (Å²) in [7, 11) is 0. The Bertz CT molecular complexity index is 1320. The van der Waals surface area contributed by atoms with Crippen molar-refractivity contribution in [3.8, 4) is 11.4 Å². The molecule has 0 radical (unpaired) electrons. The Morgan fingerprint density at radius 3 is 2.65 bits per heavy atom. The van der Waals surface area contributed by atoms with Crippen LogP contribution >= 0.6 is 0 Å². The topological polar surface area (TPSA) is 88.0 Å². The summed E-state index contributed by atoms with van der Waals surface area (Å²) in [5.41, 5.74) is 5.59. The van der Waals surface area contributed by atoms with Gasteiger partial charge < -0.3 is 10.0 Å². The third kappa shape index (κ3) is 3.73. The normalized spacial score (nSPS) is 15.8. The fourth-order valence-corrected chi connectivity index (χ4v) is 4.54. The number of rotatable bonds is 4. The van der Waals surface area contributed by atoms with Gasteiger partial charge in [0, 0.05) is 18.8 Å². The molecule has 0 amide bonds. The van der Waals surface area contributed by atoms with E-state index >= 15 is 0 Å². The van der Waals surface area contributed by atoms with E-state index in [0.717, 1.165) is 54.9 Å². The summed E-state index contributed by atoms with van der Waals surface area (Å²) in [5, 5.41) is 13.7. The smallest absolute Gasteiger partial charge is 0.258 e. The van der Waals surface area contributed by atoms with Gasteiger partial charge in [-0.2, -0.15) is 5.10 Å². The molecule has 0 aliphatic carbocycles. The van der Waals surface area contributed by atoms with Gasteiger partial charge in [-0.25, -0.2) is 9.50 Å². The number of aryl methyl sites for hydroxylation is 2. The minimum atomic E-state index is -0.109. The van der Waals surface area contributed by atoms with E-state index in [2.05, 4.69) is 21.0 Å². The van der Waals surface area contributed by atoms with Crippen molar-refractivity contribution in [2.45, 2.75) is 32.6 Å². The minimum absolute atomic E-state index is 0.109. The van der Waals surface area contributed by atoms with Crippen LogP contribution in [0.1, 0.15) is 35.7 Å². The molecule has 1 N–H and O–H groups in total. The molecule has 0 saturated carbocycles. The average molecular weight is 419 g/mol. The minimum Gasteiger partial charge on any atom is -0.395 e. The molecule has 1 fully saturated rings. The van der Waals surface area contributed by atoms with E-state index < -0.39 is 0 Å². The van der Waals surface area contributed by atoms with E-state index in [-0.39, 0.29) is 12.2 Å². The Hall–Kier alpha value is -3.10. The van der Waals surface area contributed by atoms with Gasteiger partial charge >= 0.3 is 0 Å². The van der Waals surface area contributed by atoms with Gasteiger partial charge in [0.05, 0.1) is 35.4 Å². The summed E-state index contributed by atoms with van der Waals surface area (Å²) in [6.07, 6.45) is 5.86. The maximum absolute atomic E-state index is 12.9. The first-order valence-electron chi connectivity index (χ1n) is 10.7. The molecule has 0 atom stereocenters. The lowest BCUT2D eigenvalue weighted by Gasteiger charge is -2.31. The van der Waals surface area contributed by atoms with E-state index in [0.29, 0.717) is 23.0 Å². The van der Waals surface area contributed by atoms with E-state index in [1.54, 1.807) is 15.0 Å². The van der Waals surface area contributed by atoms with Gasteiger partial charge in [-0.15, -0.1) is 0 Å². The highest BCUT2D eigenvalue weighted by Gasteiger charge is 2.21. The van der Waals surface area contributed by atoms with Crippen molar-refractivity contribution in [2.24, 2.45) is 0 Å². The van der Waals surface area contributed by atoms with E-state index in [9.17, 15) is 4.79 Å². The second kappa shape index (κ2) is 7.86. The molecule has 1 saturated heterocycles. The van der Waals surface area contributed by atoms with Gasteiger partial charge in [0.25, 0.3) is 5.56 Å². The third-order valence-electron chi connectivity index (χ3n) is 6.18. The predicted molar refractivity (Wildman–Crippen MR) is 118 cm³/mol. The van der Waals surface area contributed by atoms with Gasteiger partial charge in [0.1, 0.15) is 11.3 Å². The quantitative estimate of drug-likeness (QED) is 0.547. The number of hydrogen-bond donors (Lipinski definition) is 1. The lowest BCUT2D eigenvalue weighted by atomic mass is 9.90. The number of nitrogens with zero attached hydrogens (tertiary/aromatic N) is 6. The summed E-state index contributed by atoms with van der Waals surface area (Å²) in [6.45, 7) is 6.75. The number of hydrogen-bond acceptors (Lipinski definition) is 6. The molecule has 0 aromatic carbocycles. The Balaban J connectivity index is 1.48. The van der Waals surface area contributed by atoms with Crippen LogP contribution in [0.3, 0.4) is 0 Å². The second-order valence-electron chi connectivity index (χ2n) is 8.34. The highest BCUT2D eigenvalue weighted by molar-refractivity contribution is 5.66. The van der Waals surface area contributed by atoms with Crippen LogP contribution in [-0.4, -0.2) is 60.2 Å². The zero-order valence-electron chi connectivity index (χ0n) is 17.8. The van der Waals surface area contributed by atoms with E-state index in [1.165, 1.54) is 0 Å². The van der Waals surface area contributed by atoms with Gasteiger partial charge in [0.2, 0.25) is 0 Å². The Labute approximate surface area is 179 Å². The molecule has 0 unspecified atom stereocenters. The summed E-state index contributed by atoms with van der Waals surface area (Å²) in [4.78, 5) is 24.4. The number of piperidine rings is 1. The zero-order chi connectivity index (χ0) is 21.5. The van der Waals surface area contributed by atoms with Crippen LogP contribution in [0.15, 0.2) is 41.5 Å². The van der Waals surface area contributed by atoms with Crippen molar-refractivity contribution in [2.75, 3.05) is 26.2 Å².